The van der Waals surface area contributed by atoms with Gasteiger partial charge in [0, 0.05) is 19.3 Å². The minimum Gasteiger partial charge on any atom is -0.462 e. The molecular formula is C67H124O6. The summed E-state index contributed by atoms with van der Waals surface area (Å²) in [6, 6.07) is 0. The molecule has 0 fully saturated rings. The summed E-state index contributed by atoms with van der Waals surface area (Å²) in [5.41, 5.74) is 0. The van der Waals surface area contributed by atoms with E-state index in [1.54, 1.807) is 0 Å². The predicted octanol–water partition coefficient (Wildman–Crippen LogP) is 22.0. The van der Waals surface area contributed by atoms with Crippen LogP contribution in [-0.4, -0.2) is 37.2 Å². The average molecular weight is 1030 g/mol. The fraction of sp³-hybridized carbons (Fsp3) is 0.866. The number of carbonyl (C=O) groups is 3. The van der Waals surface area contributed by atoms with Crippen LogP contribution in [-0.2, 0) is 28.6 Å². The molecule has 6 heteroatoms. The number of ether oxygens (including phenoxy) is 3. The molecule has 0 amide bonds. The van der Waals surface area contributed by atoms with E-state index in [-0.39, 0.29) is 31.1 Å². The highest BCUT2D eigenvalue weighted by Gasteiger charge is 2.19. The van der Waals surface area contributed by atoms with Gasteiger partial charge in [-0.15, -0.1) is 0 Å². The second-order valence-electron chi connectivity index (χ2n) is 22.0. The Kier molecular flexibility index (Phi) is 60.2. The Labute approximate surface area is 455 Å². The van der Waals surface area contributed by atoms with E-state index in [1.807, 2.05) is 0 Å². The summed E-state index contributed by atoms with van der Waals surface area (Å²) < 4.78 is 16.9. The van der Waals surface area contributed by atoms with Gasteiger partial charge in [0.1, 0.15) is 13.2 Å². The molecule has 0 heterocycles. The first kappa shape index (κ1) is 70.6. The Hall–Kier alpha value is -2.37. The van der Waals surface area contributed by atoms with Gasteiger partial charge < -0.3 is 14.2 Å². The van der Waals surface area contributed by atoms with Crippen LogP contribution in [0.4, 0.5) is 0 Å². The molecule has 1 atom stereocenters. The van der Waals surface area contributed by atoms with Gasteiger partial charge in [-0.25, -0.2) is 0 Å². The van der Waals surface area contributed by atoms with Crippen molar-refractivity contribution in [3.05, 3.63) is 36.5 Å². The lowest BCUT2D eigenvalue weighted by atomic mass is 10.0. The maximum absolute atomic E-state index is 12.9. The van der Waals surface area contributed by atoms with Crippen LogP contribution in [0, 0.1) is 0 Å². The smallest absolute Gasteiger partial charge is 0.306 e. The van der Waals surface area contributed by atoms with Crippen molar-refractivity contribution in [2.45, 2.75) is 361 Å². The van der Waals surface area contributed by atoms with Gasteiger partial charge in [0.25, 0.3) is 0 Å². The second-order valence-corrected chi connectivity index (χ2v) is 22.0. The van der Waals surface area contributed by atoms with E-state index in [0.717, 1.165) is 89.9 Å². The van der Waals surface area contributed by atoms with Gasteiger partial charge in [-0.1, -0.05) is 301 Å². The number of allylic oxidation sites excluding steroid dienone is 6. The first-order chi connectivity index (χ1) is 36.0. The fourth-order valence-corrected chi connectivity index (χ4v) is 9.71. The van der Waals surface area contributed by atoms with Gasteiger partial charge in [0.05, 0.1) is 0 Å². The van der Waals surface area contributed by atoms with Crippen LogP contribution >= 0.6 is 0 Å². The van der Waals surface area contributed by atoms with E-state index in [9.17, 15) is 14.4 Å². The molecule has 0 aromatic rings. The molecule has 0 aromatic carbocycles. The van der Waals surface area contributed by atoms with Gasteiger partial charge in [0.2, 0.25) is 0 Å². The van der Waals surface area contributed by atoms with Crippen molar-refractivity contribution in [2.24, 2.45) is 0 Å². The van der Waals surface area contributed by atoms with Crippen LogP contribution in [0.2, 0.25) is 0 Å². The van der Waals surface area contributed by atoms with Crippen molar-refractivity contribution >= 4 is 17.9 Å². The Bertz CT molecular complexity index is 1220. The zero-order valence-corrected chi connectivity index (χ0v) is 49.2. The summed E-state index contributed by atoms with van der Waals surface area (Å²) in [5, 5.41) is 0. The second kappa shape index (κ2) is 62.2. The monoisotopic (exact) mass is 1020 g/mol. The van der Waals surface area contributed by atoms with Gasteiger partial charge >= 0.3 is 17.9 Å². The van der Waals surface area contributed by atoms with E-state index in [2.05, 4.69) is 57.2 Å². The summed E-state index contributed by atoms with van der Waals surface area (Å²) in [5.74, 6) is -0.878. The lowest BCUT2D eigenvalue weighted by Gasteiger charge is -2.18. The van der Waals surface area contributed by atoms with Crippen LogP contribution in [0.15, 0.2) is 36.5 Å². The summed E-state index contributed by atoms with van der Waals surface area (Å²) in [6.45, 7) is 6.61. The molecule has 0 radical (unpaired) electrons. The van der Waals surface area contributed by atoms with E-state index >= 15 is 0 Å². The number of carbonyl (C=O) groups excluding carboxylic acids is 3. The molecule has 0 aliphatic heterocycles. The van der Waals surface area contributed by atoms with Crippen molar-refractivity contribution < 1.29 is 28.6 Å². The fourth-order valence-electron chi connectivity index (χ4n) is 9.71. The highest BCUT2D eigenvalue weighted by molar-refractivity contribution is 5.71. The lowest BCUT2D eigenvalue weighted by Crippen LogP contribution is -2.30. The number of unbranched alkanes of at least 4 members (excludes halogenated alkanes) is 43. The minimum absolute atomic E-state index is 0.0761. The molecule has 73 heavy (non-hydrogen) atoms. The Morgan fingerprint density at radius 1 is 0.274 bits per heavy atom. The van der Waals surface area contributed by atoms with Crippen molar-refractivity contribution in [2.75, 3.05) is 13.2 Å². The van der Waals surface area contributed by atoms with Gasteiger partial charge in [0.15, 0.2) is 6.10 Å². The molecule has 0 aliphatic rings. The summed E-state index contributed by atoms with van der Waals surface area (Å²) in [6.07, 6.45) is 75.9. The predicted molar refractivity (Wildman–Crippen MR) is 316 cm³/mol. The molecule has 0 saturated carbocycles. The van der Waals surface area contributed by atoms with Crippen LogP contribution in [0.5, 0.6) is 0 Å². The molecule has 0 aliphatic carbocycles. The molecule has 0 aromatic heterocycles. The summed E-state index contributed by atoms with van der Waals surface area (Å²) >= 11 is 0. The molecule has 0 saturated heterocycles. The zero-order chi connectivity index (χ0) is 52.9. The Morgan fingerprint density at radius 3 is 0.822 bits per heavy atom. The Balaban J connectivity index is 4.21. The van der Waals surface area contributed by atoms with Crippen LogP contribution in [0.3, 0.4) is 0 Å². The van der Waals surface area contributed by atoms with E-state index in [0.29, 0.717) is 19.3 Å². The van der Waals surface area contributed by atoms with Crippen molar-refractivity contribution in [1.29, 1.82) is 0 Å². The van der Waals surface area contributed by atoms with Gasteiger partial charge in [-0.2, -0.15) is 0 Å². The lowest BCUT2D eigenvalue weighted by molar-refractivity contribution is -0.167. The number of hydrogen-bond acceptors (Lipinski definition) is 6. The highest BCUT2D eigenvalue weighted by atomic mass is 16.6. The van der Waals surface area contributed by atoms with E-state index in [4.69, 9.17) is 14.2 Å². The molecule has 0 rings (SSSR count). The van der Waals surface area contributed by atoms with Crippen molar-refractivity contribution in [1.82, 2.24) is 0 Å². The van der Waals surface area contributed by atoms with Crippen molar-refractivity contribution in [3.63, 3.8) is 0 Å². The third-order valence-corrected chi connectivity index (χ3v) is 14.6. The maximum Gasteiger partial charge on any atom is 0.306 e. The molecule has 6 nitrogen and oxygen atoms in total. The van der Waals surface area contributed by atoms with Crippen molar-refractivity contribution in [3.8, 4) is 0 Å². The normalized spacial score (nSPS) is 12.2. The Morgan fingerprint density at radius 2 is 0.521 bits per heavy atom. The van der Waals surface area contributed by atoms with Crippen LogP contribution in [0.1, 0.15) is 355 Å². The zero-order valence-electron chi connectivity index (χ0n) is 49.2. The van der Waals surface area contributed by atoms with E-state index < -0.39 is 6.10 Å². The SMILES string of the molecule is CCC/C=C\C/C=C\CCCCCCCC(=O)OCC(COC(=O)CCCCCCCCCCCCCCCCCCCCCCCCCCCC)OC(=O)CCCCCCC/C=C\CCCCCCCCC. The van der Waals surface area contributed by atoms with Gasteiger partial charge in [-0.05, 0) is 70.6 Å². The topological polar surface area (TPSA) is 78.9 Å². The number of hydrogen-bond donors (Lipinski definition) is 0. The van der Waals surface area contributed by atoms with Crippen LogP contribution in [0.25, 0.3) is 0 Å². The average Bonchev–Trinajstić information content (AvgIpc) is 3.39. The minimum atomic E-state index is -0.780. The van der Waals surface area contributed by atoms with E-state index in [1.165, 1.54) is 225 Å². The van der Waals surface area contributed by atoms with Crippen LogP contribution < -0.4 is 0 Å². The maximum atomic E-state index is 12.9. The third-order valence-electron chi connectivity index (χ3n) is 14.6. The van der Waals surface area contributed by atoms with Gasteiger partial charge in [-0.3, -0.25) is 14.4 Å². The first-order valence-electron chi connectivity index (χ1n) is 32.5. The number of rotatable bonds is 60. The summed E-state index contributed by atoms with van der Waals surface area (Å²) in [7, 11) is 0. The third kappa shape index (κ3) is 60.4. The molecule has 428 valence electrons. The molecule has 0 bridgehead atoms. The summed E-state index contributed by atoms with van der Waals surface area (Å²) in [4.78, 5) is 38.2. The highest BCUT2D eigenvalue weighted by Crippen LogP contribution is 2.18. The quantitative estimate of drug-likeness (QED) is 0.0261. The largest absolute Gasteiger partial charge is 0.462 e. The first-order valence-corrected chi connectivity index (χ1v) is 32.5. The standard InChI is InChI=1S/C67H124O6/c1-4-7-10-13-16-19-22-25-27-29-30-31-32-33-34-35-36-37-38-40-42-45-48-51-54-57-60-66(69)72-63-64(62-71-65(68)59-56-53-50-47-44-41-24-21-18-15-12-9-6-3)73-67(70)61-58-55-52-49-46-43-39-28-26-23-20-17-14-11-8-5-2/h12,15,21,24,28,39,64H,4-11,13-14,16-20,22-23,25-27,29-38,40-63H2,1-3H3/b15-12-,24-21-,39-28-. The molecule has 0 spiro atoms. The molecule has 0 N–H and O–H groups in total. The molecule has 1 unspecified atom stereocenters. The number of esters is 3. The molecular weight excluding hydrogens is 901 g/mol.